The molecular formula is C17H34N2O. The maximum absolute atomic E-state index is 10.1. The van der Waals surface area contributed by atoms with Crippen LogP contribution in [-0.4, -0.2) is 48.8 Å². The number of hydrogen-bond donors (Lipinski definition) is 2. The SMILES string of the molecule is CCCNCC(CC)(CC)CN1CC2CCC(O)C2C1. The van der Waals surface area contributed by atoms with Crippen LogP contribution in [0.3, 0.4) is 0 Å². The first kappa shape index (κ1) is 16.3. The molecule has 2 N–H and O–H groups in total. The van der Waals surface area contributed by atoms with Crippen molar-refractivity contribution >= 4 is 0 Å². The summed E-state index contributed by atoms with van der Waals surface area (Å²) in [6.45, 7) is 12.7. The number of hydrogen-bond acceptors (Lipinski definition) is 3. The van der Waals surface area contributed by atoms with Gasteiger partial charge in [-0.15, -0.1) is 0 Å². The third kappa shape index (κ3) is 3.55. The van der Waals surface area contributed by atoms with Crippen molar-refractivity contribution in [2.75, 3.05) is 32.7 Å². The molecule has 0 spiro atoms. The maximum atomic E-state index is 10.1. The van der Waals surface area contributed by atoms with Gasteiger partial charge < -0.3 is 15.3 Å². The number of rotatable bonds is 8. The average molecular weight is 282 g/mol. The third-order valence-electron chi connectivity index (χ3n) is 5.88. The van der Waals surface area contributed by atoms with Crippen LogP contribution in [-0.2, 0) is 0 Å². The second kappa shape index (κ2) is 7.24. The lowest BCUT2D eigenvalue weighted by atomic mass is 9.81. The molecule has 3 heteroatoms. The fourth-order valence-electron chi connectivity index (χ4n) is 4.24. The van der Waals surface area contributed by atoms with Gasteiger partial charge in [-0.3, -0.25) is 0 Å². The van der Waals surface area contributed by atoms with Crippen LogP contribution in [0.15, 0.2) is 0 Å². The van der Waals surface area contributed by atoms with Crippen LogP contribution in [0.25, 0.3) is 0 Å². The van der Waals surface area contributed by atoms with Gasteiger partial charge in [-0.05, 0) is 50.0 Å². The molecule has 3 nitrogen and oxygen atoms in total. The Morgan fingerprint density at radius 1 is 1.15 bits per heavy atom. The highest BCUT2D eigenvalue weighted by molar-refractivity contribution is 4.95. The second-order valence-corrected chi connectivity index (χ2v) is 7.15. The van der Waals surface area contributed by atoms with Gasteiger partial charge in [-0.25, -0.2) is 0 Å². The van der Waals surface area contributed by atoms with E-state index in [9.17, 15) is 5.11 Å². The molecule has 1 heterocycles. The summed E-state index contributed by atoms with van der Waals surface area (Å²) in [5, 5.41) is 13.7. The molecule has 0 radical (unpaired) electrons. The van der Waals surface area contributed by atoms with Crippen molar-refractivity contribution in [3.63, 3.8) is 0 Å². The lowest BCUT2D eigenvalue weighted by Gasteiger charge is -2.36. The van der Waals surface area contributed by atoms with Crippen LogP contribution in [0.2, 0.25) is 0 Å². The van der Waals surface area contributed by atoms with Gasteiger partial charge in [0.2, 0.25) is 0 Å². The lowest BCUT2D eigenvalue weighted by molar-refractivity contribution is 0.108. The Labute approximate surface area is 125 Å². The van der Waals surface area contributed by atoms with Gasteiger partial charge in [-0.2, -0.15) is 0 Å². The van der Waals surface area contributed by atoms with E-state index in [1.165, 1.54) is 38.8 Å². The molecule has 0 amide bonds. The summed E-state index contributed by atoms with van der Waals surface area (Å²) >= 11 is 0. The average Bonchev–Trinajstić information content (AvgIpc) is 3.00. The predicted octanol–water partition coefficient (Wildman–Crippen LogP) is 2.50. The van der Waals surface area contributed by atoms with Crippen molar-refractivity contribution in [3.8, 4) is 0 Å². The van der Waals surface area contributed by atoms with E-state index < -0.39 is 0 Å². The summed E-state index contributed by atoms with van der Waals surface area (Å²) in [7, 11) is 0. The van der Waals surface area contributed by atoms with E-state index >= 15 is 0 Å². The molecule has 2 aliphatic rings. The number of fused-ring (bicyclic) bond motifs is 1. The summed E-state index contributed by atoms with van der Waals surface area (Å²) in [6.07, 6.45) is 5.95. The van der Waals surface area contributed by atoms with Gasteiger partial charge in [0.25, 0.3) is 0 Å². The first-order valence-electron chi connectivity index (χ1n) is 8.75. The molecule has 0 bridgehead atoms. The molecule has 1 aliphatic heterocycles. The van der Waals surface area contributed by atoms with E-state index in [4.69, 9.17) is 0 Å². The van der Waals surface area contributed by atoms with Crippen molar-refractivity contribution in [2.24, 2.45) is 17.3 Å². The molecule has 20 heavy (non-hydrogen) atoms. The number of nitrogens with one attached hydrogen (secondary N) is 1. The zero-order chi connectivity index (χ0) is 14.6. The van der Waals surface area contributed by atoms with Crippen molar-refractivity contribution in [3.05, 3.63) is 0 Å². The Morgan fingerprint density at radius 2 is 1.90 bits per heavy atom. The van der Waals surface area contributed by atoms with Gasteiger partial charge in [0.1, 0.15) is 0 Å². The van der Waals surface area contributed by atoms with E-state index in [1.807, 2.05) is 0 Å². The third-order valence-corrected chi connectivity index (χ3v) is 5.88. The lowest BCUT2D eigenvalue weighted by Crippen LogP contribution is -2.43. The summed E-state index contributed by atoms with van der Waals surface area (Å²) in [5.41, 5.74) is 0.415. The Kier molecular flexibility index (Phi) is 5.88. The van der Waals surface area contributed by atoms with E-state index in [1.54, 1.807) is 0 Å². The monoisotopic (exact) mass is 282 g/mol. The summed E-state index contributed by atoms with van der Waals surface area (Å²) in [4.78, 5) is 2.64. The standard InChI is InChI=1S/C17H34N2O/c1-4-9-18-12-17(5-2,6-3)13-19-10-14-7-8-16(20)15(14)11-19/h14-16,18,20H,4-13H2,1-3H3. The molecular weight excluding hydrogens is 248 g/mol. The second-order valence-electron chi connectivity index (χ2n) is 7.15. The molecule has 0 aromatic rings. The number of aliphatic hydroxyl groups is 1. The number of aliphatic hydroxyl groups excluding tert-OH is 1. The van der Waals surface area contributed by atoms with Crippen LogP contribution < -0.4 is 5.32 Å². The largest absolute Gasteiger partial charge is 0.393 e. The van der Waals surface area contributed by atoms with E-state index in [0.717, 1.165) is 32.0 Å². The molecule has 118 valence electrons. The zero-order valence-corrected chi connectivity index (χ0v) is 13.7. The fraction of sp³-hybridized carbons (Fsp3) is 1.00. The van der Waals surface area contributed by atoms with Crippen molar-refractivity contribution in [1.82, 2.24) is 10.2 Å². The molecule has 0 aromatic heterocycles. The Hall–Kier alpha value is -0.120. The fourth-order valence-corrected chi connectivity index (χ4v) is 4.24. The molecule has 1 saturated heterocycles. The molecule has 3 unspecified atom stereocenters. The summed E-state index contributed by atoms with van der Waals surface area (Å²) < 4.78 is 0. The quantitative estimate of drug-likeness (QED) is 0.672. The van der Waals surface area contributed by atoms with Crippen molar-refractivity contribution in [1.29, 1.82) is 0 Å². The predicted molar refractivity (Wildman–Crippen MR) is 84.8 cm³/mol. The highest BCUT2D eigenvalue weighted by Crippen LogP contribution is 2.39. The highest BCUT2D eigenvalue weighted by atomic mass is 16.3. The summed E-state index contributed by atoms with van der Waals surface area (Å²) in [5.74, 6) is 1.32. The maximum Gasteiger partial charge on any atom is 0.0583 e. The number of likely N-dealkylation sites (tertiary alicyclic amines) is 1. The zero-order valence-electron chi connectivity index (χ0n) is 13.7. The van der Waals surface area contributed by atoms with Gasteiger partial charge in [-0.1, -0.05) is 20.8 Å². The van der Waals surface area contributed by atoms with Crippen molar-refractivity contribution in [2.45, 2.75) is 59.0 Å². The Balaban J connectivity index is 1.88. The van der Waals surface area contributed by atoms with Gasteiger partial charge >= 0.3 is 0 Å². The Bertz CT molecular complexity index is 291. The van der Waals surface area contributed by atoms with Crippen LogP contribution in [0, 0.1) is 17.3 Å². The molecule has 0 aromatic carbocycles. The van der Waals surface area contributed by atoms with E-state index in [0.29, 0.717) is 11.3 Å². The van der Waals surface area contributed by atoms with Gasteiger partial charge in [0, 0.05) is 32.1 Å². The molecule has 2 rings (SSSR count). The van der Waals surface area contributed by atoms with Gasteiger partial charge in [0.05, 0.1) is 6.10 Å². The highest BCUT2D eigenvalue weighted by Gasteiger charge is 2.43. The summed E-state index contributed by atoms with van der Waals surface area (Å²) in [6, 6.07) is 0. The first-order valence-corrected chi connectivity index (χ1v) is 8.75. The van der Waals surface area contributed by atoms with Crippen LogP contribution >= 0.6 is 0 Å². The van der Waals surface area contributed by atoms with Crippen molar-refractivity contribution < 1.29 is 5.11 Å². The molecule has 3 atom stereocenters. The minimum absolute atomic E-state index is 0.0270. The minimum atomic E-state index is -0.0270. The van der Waals surface area contributed by atoms with Crippen LogP contribution in [0.5, 0.6) is 0 Å². The van der Waals surface area contributed by atoms with Crippen LogP contribution in [0.1, 0.15) is 52.9 Å². The van der Waals surface area contributed by atoms with E-state index in [2.05, 4.69) is 31.0 Å². The topological polar surface area (TPSA) is 35.5 Å². The smallest absolute Gasteiger partial charge is 0.0583 e. The van der Waals surface area contributed by atoms with E-state index in [-0.39, 0.29) is 6.10 Å². The number of nitrogens with zero attached hydrogens (tertiary/aromatic N) is 1. The molecule has 1 aliphatic carbocycles. The Morgan fingerprint density at radius 3 is 2.50 bits per heavy atom. The molecule has 2 fully saturated rings. The molecule has 1 saturated carbocycles. The minimum Gasteiger partial charge on any atom is -0.393 e. The first-order chi connectivity index (χ1) is 9.64. The van der Waals surface area contributed by atoms with Crippen LogP contribution in [0.4, 0.5) is 0 Å². The van der Waals surface area contributed by atoms with Gasteiger partial charge in [0.15, 0.2) is 0 Å². The normalized spacial score (nSPS) is 30.9.